The molecule has 13 heteroatoms. The highest BCUT2D eigenvalue weighted by atomic mass is 32.2. The number of ether oxygens (including phenoxy) is 2. The molecule has 3 aromatic heterocycles. The van der Waals surface area contributed by atoms with Crippen LogP contribution in [0, 0.1) is 11.7 Å². The standard InChI is InChI=1S/C30H27F2N5O5S/c1-16-8-21(16)19-10-24-29(34-14-19)37(5-7-41-24)27-3-2-17-13-33-20(12-23(17)36-27)15-35-30(38)18-9-22(31)28-25(11-18)43(39,40)26(32)4-6-42-28/h2-3,9-14,16,21,26H,4-8,15H2,1H3,(H,35,38)/t16-,21-,26+/m0/s1. The number of nitrogens with zero attached hydrogens (tertiary/aromatic N) is 4. The lowest BCUT2D eigenvalue weighted by atomic mass is 10.1. The smallest absolute Gasteiger partial charge is 0.251 e. The molecule has 0 unspecified atom stereocenters. The van der Waals surface area contributed by atoms with Crippen molar-refractivity contribution in [2.75, 3.05) is 24.7 Å². The Morgan fingerprint density at radius 3 is 2.77 bits per heavy atom. The molecule has 222 valence electrons. The first-order valence-electron chi connectivity index (χ1n) is 14.0. The highest BCUT2D eigenvalue weighted by Crippen LogP contribution is 2.48. The van der Waals surface area contributed by atoms with Crippen LogP contribution < -0.4 is 19.7 Å². The van der Waals surface area contributed by atoms with Crippen LogP contribution in [0.3, 0.4) is 0 Å². The highest BCUT2D eigenvalue weighted by Gasteiger charge is 2.36. The molecule has 0 saturated heterocycles. The van der Waals surface area contributed by atoms with E-state index in [0.717, 1.165) is 29.7 Å². The van der Waals surface area contributed by atoms with E-state index in [-0.39, 0.29) is 18.7 Å². The molecule has 1 saturated carbocycles. The molecule has 2 aliphatic heterocycles. The van der Waals surface area contributed by atoms with Gasteiger partial charge in [0, 0.05) is 29.8 Å². The number of halogens is 2. The van der Waals surface area contributed by atoms with E-state index in [1.165, 1.54) is 5.56 Å². The summed E-state index contributed by atoms with van der Waals surface area (Å²) in [7, 11) is -4.51. The van der Waals surface area contributed by atoms with Gasteiger partial charge < -0.3 is 19.7 Å². The van der Waals surface area contributed by atoms with Gasteiger partial charge in [0.1, 0.15) is 17.3 Å². The number of alkyl halides is 1. The summed E-state index contributed by atoms with van der Waals surface area (Å²) in [5, 5.41) is 3.41. The second-order valence-electron chi connectivity index (χ2n) is 11.0. The van der Waals surface area contributed by atoms with Crippen LogP contribution in [0.5, 0.6) is 11.5 Å². The van der Waals surface area contributed by atoms with Gasteiger partial charge in [-0.25, -0.2) is 27.2 Å². The second-order valence-corrected chi connectivity index (χ2v) is 13.0. The Morgan fingerprint density at radius 1 is 1.12 bits per heavy atom. The fourth-order valence-electron chi connectivity index (χ4n) is 5.49. The average molecular weight is 608 g/mol. The zero-order chi connectivity index (χ0) is 29.9. The summed E-state index contributed by atoms with van der Waals surface area (Å²) in [6.45, 7) is 2.96. The van der Waals surface area contributed by atoms with Gasteiger partial charge in [-0.2, -0.15) is 0 Å². The van der Waals surface area contributed by atoms with Gasteiger partial charge in [0.15, 0.2) is 23.1 Å². The first-order valence-corrected chi connectivity index (χ1v) is 15.5. The Labute approximate surface area is 246 Å². The first-order chi connectivity index (χ1) is 20.7. The third kappa shape index (κ3) is 5.01. The first kappa shape index (κ1) is 27.4. The number of aromatic nitrogens is 3. The van der Waals surface area contributed by atoms with E-state index in [1.54, 1.807) is 12.3 Å². The lowest BCUT2D eigenvalue weighted by Gasteiger charge is -2.29. The summed E-state index contributed by atoms with van der Waals surface area (Å²) in [5.41, 5.74) is -0.230. The molecule has 0 spiro atoms. The summed E-state index contributed by atoms with van der Waals surface area (Å²) < 4.78 is 65.1. The van der Waals surface area contributed by atoms with Crippen molar-refractivity contribution in [3.05, 3.63) is 71.4 Å². The molecule has 0 bridgehead atoms. The van der Waals surface area contributed by atoms with E-state index in [9.17, 15) is 22.0 Å². The van der Waals surface area contributed by atoms with Crippen molar-refractivity contribution in [3.8, 4) is 11.5 Å². The average Bonchev–Trinajstić information content (AvgIpc) is 3.76. The van der Waals surface area contributed by atoms with Crippen molar-refractivity contribution in [3.63, 3.8) is 0 Å². The number of sulfone groups is 1. The van der Waals surface area contributed by atoms with Crippen molar-refractivity contribution >= 4 is 38.3 Å². The van der Waals surface area contributed by atoms with Crippen LogP contribution in [0.25, 0.3) is 10.9 Å². The zero-order valence-corrected chi connectivity index (χ0v) is 23.9. The van der Waals surface area contributed by atoms with Crippen LogP contribution >= 0.6 is 0 Å². The summed E-state index contributed by atoms with van der Waals surface area (Å²) in [6.07, 6.45) is 4.27. The van der Waals surface area contributed by atoms with E-state index >= 15 is 0 Å². The van der Waals surface area contributed by atoms with Crippen molar-refractivity contribution in [2.45, 2.75) is 42.6 Å². The minimum absolute atomic E-state index is 0.0430. The molecular weight excluding hydrogens is 580 g/mol. The Bertz CT molecular complexity index is 1890. The van der Waals surface area contributed by atoms with Crippen LogP contribution in [0.15, 0.2) is 53.7 Å². The number of amides is 1. The van der Waals surface area contributed by atoms with Crippen molar-refractivity contribution in [1.29, 1.82) is 0 Å². The van der Waals surface area contributed by atoms with E-state index in [4.69, 9.17) is 19.4 Å². The number of nitrogens with one attached hydrogen (secondary N) is 1. The topological polar surface area (TPSA) is 124 Å². The second kappa shape index (κ2) is 10.4. The molecule has 10 nitrogen and oxygen atoms in total. The van der Waals surface area contributed by atoms with Gasteiger partial charge in [0.25, 0.3) is 5.91 Å². The highest BCUT2D eigenvalue weighted by molar-refractivity contribution is 7.92. The predicted octanol–water partition coefficient (Wildman–Crippen LogP) is 4.60. The van der Waals surface area contributed by atoms with Crippen LogP contribution in [-0.4, -0.2) is 54.5 Å². The molecule has 7 rings (SSSR count). The number of benzene rings is 1. The Hall–Kier alpha value is -4.39. The third-order valence-corrected chi connectivity index (χ3v) is 9.87. The predicted molar refractivity (Wildman–Crippen MR) is 153 cm³/mol. The van der Waals surface area contributed by atoms with Gasteiger partial charge in [-0.3, -0.25) is 9.78 Å². The molecule has 5 heterocycles. The molecular formula is C30H27F2N5O5S. The number of carbonyl (C=O) groups is 1. The number of hydrogen-bond acceptors (Lipinski definition) is 9. The van der Waals surface area contributed by atoms with Gasteiger partial charge in [0.2, 0.25) is 15.3 Å². The summed E-state index contributed by atoms with van der Waals surface area (Å²) in [4.78, 5) is 28.1. The maximum absolute atomic E-state index is 14.7. The Balaban J connectivity index is 1.11. The molecule has 0 radical (unpaired) electrons. The minimum atomic E-state index is -4.51. The number of anilines is 2. The van der Waals surface area contributed by atoms with Crippen LogP contribution in [-0.2, 0) is 16.4 Å². The number of fused-ring (bicyclic) bond motifs is 3. The van der Waals surface area contributed by atoms with Gasteiger partial charge in [-0.1, -0.05) is 6.92 Å². The third-order valence-electron chi connectivity index (χ3n) is 8.05. The van der Waals surface area contributed by atoms with E-state index in [2.05, 4.69) is 23.3 Å². The van der Waals surface area contributed by atoms with Gasteiger partial charge in [-0.05, 0) is 60.2 Å². The molecule has 43 heavy (non-hydrogen) atoms. The number of rotatable bonds is 5. The summed E-state index contributed by atoms with van der Waals surface area (Å²) in [5.74, 6) is 0.929. The minimum Gasteiger partial charge on any atom is -0.489 e. The maximum atomic E-state index is 14.7. The fraction of sp³-hybridized carbons (Fsp3) is 0.333. The van der Waals surface area contributed by atoms with Gasteiger partial charge in [0.05, 0.1) is 30.9 Å². The molecule has 3 atom stereocenters. The fourth-order valence-corrected chi connectivity index (χ4v) is 6.88. The van der Waals surface area contributed by atoms with Gasteiger partial charge in [-0.15, -0.1) is 0 Å². The maximum Gasteiger partial charge on any atom is 0.251 e. The SMILES string of the molecule is C[C@H]1C[C@@H]1c1cnc2c(c1)OCCN2c1ccc2cnc(CNC(=O)c3cc(F)c4c(c3)S(=O)(=O)[C@@H](F)CCO4)cc2n1. The van der Waals surface area contributed by atoms with Crippen LogP contribution in [0.2, 0.25) is 0 Å². The lowest BCUT2D eigenvalue weighted by molar-refractivity contribution is 0.0949. The van der Waals surface area contributed by atoms with E-state index < -0.39 is 44.1 Å². The van der Waals surface area contributed by atoms with Crippen molar-refractivity contribution in [2.24, 2.45) is 5.92 Å². The van der Waals surface area contributed by atoms with E-state index in [0.29, 0.717) is 47.8 Å². The Morgan fingerprint density at radius 2 is 1.95 bits per heavy atom. The molecule has 4 aromatic rings. The molecule has 1 aliphatic carbocycles. The number of hydrogen-bond donors (Lipinski definition) is 1. The molecule has 1 fully saturated rings. The zero-order valence-electron chi connectivity index (χ0n) is 23.1. The largest absolute Gasteiger partial charge is 0.489 e. The summed E-state index contributed by atoms with van der Waals surface area (Å²) >= 11 is 0. The van der Waals surface area contributed by atoms with E-state index in [1.807, 2.05) is 23.2 Å². The van der Waals surface area contributed by atoms with Crippen molar-refractivity contribution < 1.29 is 31.5 Å². The molecule has 1 N–H and O–H groups in total. The Kier molecular flexibility index (Phi) is 6.64. The quantitative estimate of drug-likeness (QED) is 0.347. The molecule has 3 aliphatic rings. The van der Waals surface area contributed by atoms with Gasteiger partial charge >= 0.3 is 0 Å². The lowest BCUT2D eigenvalue weighted by Crippen LogP contribution is -2.30. The normalized spacial score (nSPS) is 22.0. The van der Waals surface area contributed by atoms with Crippen LogP contribution in [0.4, 0.5) is 20.4 Å². The number of carbonyl (C=O) groups excluding carboxylic acids is 1. The molecule has 1 amide bonds. The van der Waals surface area contributed by atoms with Crippen molar-refractivity contribution in [1.82, 2.24) is 20.3 Å². The monoisotopic (exact) mass is 607 g/mol. The van der Waals surface area contributed by atoms with Crippen LogP contribution in [0.1, 0.15) is 47.3 Å². The molecule has 1 aromatic carbocycles. The summed E-state index contributed by atoms with van der Waals surface area (Å²) in [6, 6.07) is 9.41. The number of pyridine rings is 3.